The molecule has 102 valence electrons. The second-order valence-corrected chi connectivity index (χ2v) is 6.47. The van der Waals surface area contributed by atoms with Gasteiger partial charge in [0.25, 0.3) is 5.91 Å². The summed E-state index contributed by atoms with van der Waals surface area (Å²) in [5, 5.41) is 0. The SMILES string of the molecule is NC(=S)C1CN(C(=O)c2cc(Br)cc(Br)c2)CCO1. The first-order chi connectivity index (χ1) is 8.97. The number of carbonyl (C=O) groups is 1. The fraction of sp³-hybridized carbons (Fsp3) is 0.333. The van der Waals surface area contributed by atoms with E-state index in [1.807, 2.05) is 6.07 Å². The number of ether oxygens (including phenoxy) is 1. The normalized spacial score (nSPS) is 19.3. The zero-order chi connectivity index (χ0) is 14.0. The molecule has 7 heteroatoms. The monoisotopic (exact) mass is 406 g/mol. The van der Waals surface area contributed by atoms with Crippen molar-refractivity contribution in [1.29, 1.82) is 0 Å². The molecule has 19 heavy (non-hydrogen) atoms. The molecule has 2 rings (SSSR count). The van der Waals surface area contributed by atoms with Crippen molar-refractivity contribution < 1.29 is 9.53 Å². The molecule has 0 aliphatic carbocycles. The molecule has 1 heterocycles. The Morgan fingerprint density at radius 3 is 2.58 bits per heavy atom. The van der Waals surface area contributed by atoms with Crippen molar-refractivity contribution in [2.45, 2.75) is 6.10 Å². The van der Waals surface area contributed by atoms with E-state index in [4.69, 9.17) is 22.7 Å². The van der Waals surface area contributed by atoms with Crippen LogP contribution in [0.3, 0.4) is 0 Å². The molecule has 1 aromatic rings. The van der Waals surface area contributed by atoms with Gasteiger partial charge in [0.05, 0.1) is 13.2 Å². The van der Waals surface area contributed by atoms with Crippen molar-refractivity contribution in [3.05, 3.63) is 32.7 Å². The highest BCUT2D eigenvalue weighted by Crippen LogP contribution is 2.21. The summed E-state index contributed by atoms with van der Waals surface area (Å²) in [5.74, 6) is -0.0495. The molecule has 1 saturated heterocycles. The molecule has 1 amide bonds. The average molecular weight is 408 g/mol. The van der Waals surface area contributed by atoms with Gasteiger partial charge in [-0.05, 0) is 18.2 Å². The van der Waals surface area contributed by atoms with Gasteiger partial charge in [0.2, 0.25) is 0 Å². The first-order valence-corrected chi connectivity index (χ1v) is 7.63. The third-order valence-corrected chi connectivity index (χ3v) is 3.96. The molecule has 1 fully saturated rings. The van der Waals surface area contributed by atoms with Crippen LogP contribution >= 0.6 is 44.1 Å². The predicted octanol–water partition coefficient (Wildman–Crippen LogP) is 2.34. The van der Waals surface area contributed by atoms with Crippen LogP contribution in [0.1, 0.15) is 10.4 Å². The number of rotatable bonds is 2. The molecular formula is C12H12Br2N2O2S. The summed E-state index contributed by atoms with van der Waals surface area (Å²) in [6.07, 6.45) is -0.358. The smallest absolute Gasteiger partial charge is 0.254 e. The quantitative estimate of drug-likeness (QED) is 0.764. The largest absolute Gasteiger partial charge is 0.391 e. The first-order valence-electron chi connectivity index (χ1n) is 5.63. The second-order valence-electron chi connectivity index (χ2n) is 4.17. The standard InChI is InChI=1S/C12H12Br2N2O2S/c13-8-3-7(4-9(14)5-8)12(17)16-1-2-18-10(6-16)11(15)19/h3-5,10H,1-2,6H2,(H2,15,19). The van der Waals surface area contributed by atoms with Crippen LogP contribution in [0.4, 0.5) is 0 Å². The lowest BCUT2D eigenvalue weighted by atomic mass is 10.1. The van der Waals surface area contributed by atoms with Crippen LogP contribution in [-0.2, 0) is 4.74 Å². The van der Waals surface area contributed by atoms with Crippen LogP contribution in [0.25, 0.3) is 0 Å². The van der Waals surface area contributed by atoms with Gasteiger partial charge in [-0.25, -0.2) is 0 Å². The van der Waals surface area contributed by atoms with Crippen LogP contribution in [0.2, 0.25) is 0 Å². The van der Waals surface area contributed by atoms with E-state index in [0.717, 1.165) is 8.95 Å². The van der Waals surface area contributed by atoms with Crippen molar-refractivity contribution in [3.8, 4) is 0 Å². The van der Waals surface area contributed by atoms with Gasteiger partial charge < -0.3 is 15.4 Å². The van der Waals surface area contributed by atoms with Gasteiger partial charge in [0.1, 0.15) is 11.1 Å². The zero-order valence-electron chi connectivity index (χ0n) is 9.94. The Labute approximate surface area is 133 Å². The third-order valence-electron chi connectivity index (χ3n) is 2.78. The number of nitrogens with zero attached hydrogens (tertiary/aromatic N) is 1. The number of benzene rings is 1. The fourth-order valence-corrected chi connectivity index (χ4v) is 3.30. The number of nitrogens with two attached hydrogens (primary N) is 1. The number of carbonyl (C=O) groups excluding carboxylic acids is 1. The fourth-order valence-electron chi connectivity index (χ4n) is 1.87. The number of hydrogen-bond donors (Lipinski definition) is 1. The van der Waals surface area contributed by atoms with Gasteiger partial charge in [0, 0.05) is 21.1 Å². The molecular weight excluding hydrogens is 396 g/mol. The Bertz CT molecular complexity index is 504. The summed E-state index contributed by atoms with van der Waals surface area (Å²) >= 11 is 11.7. The Hall–Kier alpha value is -0.500. The lowest BCUT2D eigenvalue weighted by molar-refractivity contribution is 0.00878. The summed E-state index contributed by atoms with van der Waals surface area (Å²) in [4.78, 5) is 14.4. The minimum absolute atomic E-state index is 0.0495. The maximum absolute atomic E-state index is 12.4. The Kier molecular flexibility index (Phi) is 4.94. The highest BCUT2D eigenvalue weighted by Gasteiger charge is 2.26. The molecule has 1 aromatic carbocycles. The summed E-state index contributed by atoms with van der Waals surface area (Å²) in [6, 6.07) is 5.46. The van der Waals surface area contributed by atoms with E-state index in [1.165, 1.54) is 0 Å². The minimum Gasteiger partial charge on any atom is -0.391 e. The van der Waals surface area contributed by atoms with E-state index >= 15 is 0 Å². The Morgan fingerprint density at radius 1 is 1.37 bits per heavy atom. The van der Waals surface area contributed by atoms with E-state index < -0.39 is 0 Å². The first kappa shape index (κ1) is 14.9. The Balaban J connectivity index is 2.16. The lowest BCUT2D eigenvalue weighted by Crippen LogP contribution is -2.49. The van der Waals surface area contributed by atoms with E-state index in [1.54, 1.807) is 17.0 Å². The predicted molar refractivity (Wildman–Crippen MR) is 84.3 cm³/mol. The van der Waals surface area contributed by atoms with E-state index in [9.17, 15) is 4.79 Å². The molecule has 1 unspecified atom stereocenters. The van der Waals surface area contributed by atoms with Crippen molar-refractivity contribution in [3.63, 3.8) is 0 Å². The van der Waals surface area contributed by atoms with Gasteiger partial charge in [-0.15, -0.1) is 0 Å². The maximum atomic E-state index is 12.4. The molecule has 1 aliphatic heterocycles. The molecule has 0 radical (unpaired) electrons. The van der Waals surface area contributed by atoms with E-state index in [2.05, 4.69) is 31.9 Å². The molecule has 0 spiro atoms. The number of morpholine rings is 1. The van der Waals surface area contributed by atoms with Gasteiger partial charge in [0.15, 0.2) is 0 Å². The summed E-state index contributed by atoms with van der Waals surface area (Å²) in [5.41, 5.74) is 6.19. The van der Waals surface area contributed by atoms with Crippen molar-refractivity contribution in [2.24, 2.45) is 5.73 Å². The van der Waals surface area contributed by atoms with Crippen molar-refractivity contribution in [1.82, 2.24) is 4.90 Å². The molecule has 1 aliphatic rings. The number of thiocarbonyl (C=S) groups is 1. The van der Waals surface area contributed by atoms with Crippen LogP contribution in [-0.4, -0.2) is 41.6 Å². The van der Waals surface area contributed by atoms with E-state index in [0.29, 0.717) is 25.3 Å². The highest BCUT2D eigenvalue weighted by atomic mass is 79.9. The molecule has 0 saturated carbocycles. The molecule has 2 N–H and O–H groups in total. The second kappa shape index (κ2) is 6.30. The van der Waals surface area contributed by atoms with Gasteiger partial charge in [-0.1, -0.05) is 44.1 Å². The number of amides is 1. The minimum atomic E-state index is -0.358. The van der Waals surface area contributed by atoms with Crippen LogP contribution in [0, 0.1) is 0 Å². The molecule has 1 atom stereocenters. The highest BCUT2D eigenvalue weighted by molar-refractivity contribution is 9.11. The molecule has 4 nitrogen and oxygen atoms in total. The lowest BCUT2D eigenvalue weighted by Gasteiger charge is -2.32. The summed E-state index contributed by atoms with van der Waals surface area (Å²) < 4.78 is 7.13. The van der Waals surface area contributed by atoms with Crippen LogP contribution < -0.4 is 5.73 Å². The topological polar surface area (TPSA) is 55.6 Å². The van der Waals surface area contributed by atoms with Gasteiger partial charge in [-0.3, -0.25) is 4.79 Å². The average Bonchev–Trinajstić information content (AvgIpc) is 2.37. The van der Waals surface area contributed by atoms with Gasteiger partial charge >= 0.3 is 0 Å². The van der Waals surface area contributed by atoms with E-state index in [-0.39, 0.29) is 17.0 Å². The van der Waals surface area contributed by atoms with Crippen molar-refractivity contribution >= 4 is 55.0 Å². The molecule has 0 bridgehead atoms. The summed E-state index contributed by atoms with van der Waals surface area (Å²) in [7, 11) is 0. The van der Waals surface area contributed by atoms with Crippen LogP contribution in [0.15, 0.2) is 27.1 Å². The summed E-state index contributed by atoms with van der Waals surface area (Å²) in [6.45, 7) is 1.39. The van der Waals surface area contributed by atoms with Gasteiger partial charge in [-0.2, -0.15) is 0 Å². The Morgan fingerprint density at radius 2 is 2.00 bits per heavy atom. The van der Waals surface area contributed by atoms with Crippen molar-refractivity contribution in [2.75, 3.05) is 19.7 Å². The molecule has 0 aromatic heterocycles. The third kappa shape index (κ3) is 3.75. The number of halogens is 2. The zero-order valence-corrected chi connectivity index (χ0v) is 13.9. The number of hydrogen-bond acceptors (Lipinski definition) is 3. The van der Waals surface area contributed by atoms with Crippen LogP contribution in [0.5, 0.6) is 0 Å². The maximum Gasteiger partial charge on any atom is 0.254 e.